The number of hydrogen-bond donors (Lipinski definition) is 0. The summed E-state index contributed by atoms with van der Waals surface area (Å²) >= 11 is 0. The molecule has 0 nitrogen and oxygen atoms in total. The zero-order valence-corrected chi connectivity index (χ0v) is 31.1. The second-order valence-electron chi connectivity index (χ2n) is 21.7. The van der Waals surface area contributed by atoms with Gasteiger partial charge in [0.2, 0.25) is 0 Å². The van der Waals surface area contributed by atoms with Crippen LogP contribution in [0.2, 0.25) is 0 Å². The van der Waals surface area contributed by atoms with Gasteiger partial charge in [-0.25, -0.2) is 0 Å². The average Bonchev–Trinajstić information content (AvgIpc) is 3.44. The Hall–Kier alpha value is 0. The summed E-state index contributed by atoms with van der Waals surface area (Å²) in [6, 6.07) is 0. The van der Waals surface area contributed by atoms with Gasteiger partial charge in [0.15, 0.2) is 0 Å². The molecule has 0 bridgehead atoms. The maximum absolute atomic E-state index is 2.62. The molecule has 6 fully saturated rings. The molecule has 43 heavy (non-hydrogen) atoms. The van der Waals surface area contributed by atoms with Crippen molar-refractivity contribution in [2.24, 2.45) is 105 Å². The highest BCUT2D eigenvalue weighted by Crippen LogP contribution is 2.65. The molecule has 0 aromatic carbocycles. The van der Waals surface area contributed by atoms with E-state index in [4.69, 9.17) is 0 Å². The van der Waals surface area contributed by atoms with Gasteiger partial charge >= 0.3 is 0 Å². The van der Waals surface area contributed by atoms with E-state index < -0.39 is 0 Å². The molecule has 0 aliphatic heterocycles. The molecular formula is C43H76. The van der Waals surface area contributed by atoms with Crippen molar-refractivity contribution >= 4 is 0 Å². The van der Waals surface area contributed by atoms with E-state index in [1.807, 2.05) is 0 Å². The highest BCUT2D eigenvalue weighted by molar-refractivity contribution is 5.06. The first-order valence-electron chi connectivity index (χ1n) is 20.0. The molecule has 0 spiro atoms. The minimum atomic E-state index is 0.466. The van der Waals surface area contributed by atoms with E-state index in [0.717, 1.165) is 88.8 Å². The first kappa shape index (κ1) is 32.9. The summed E-state index contributed by atoms with van der Waals surface area (Å²) in [5, 5.41) is 0. The van der Waals surface area contributed by atoms with Gasteiger partial charge in [-0.2, -0.15) is 0 Å². The van der Waals surface area contributed by atoms with E-state index in [-0.39, 0.29) is 0 Å². The van der Waals surface area contributed by atoms with Gasteiger partial charge < -0.3 is 0 Å². The third-order valence-corrected chi connectivity index (χ3v) is 16.5. The van der Waals surface area contributed by atoms with E-state index in [0.29, 0.717) is 16.2 Å². The zero-order valence-electron chi connectivity index (χ0n) is 31.1. The molecule has 0 aromatic rings. The normalized spacial score (nSPS) is 47.2. The maximum atomic E-state index is 2.62. The van der Waals surface area contributed by atoms with Crippen LogP contribution in [0.4, 0.5) is 0 Å². The molecule has 0 aromatic heterocycles. The van der Waals surface area contributed by atoms with Gasteiger partial charge in [-0.3, -0.25) is 0 Å². The van der Waals surface area contributed by atoms with E-state index >= 15 is 0 Å². The molecule has 0 heterocycles. The van der Waals surface area contributed by atoms with Gasteiger partial charge in [0.1, 0.15) is 0 Å². The summed E-state index contributed by atoms with van der Waals surface area (Å²) in [5.74, 6) is 15.3. The fourth-order valence-electron chi connectivity index (χ4n) is 14.1. The summed E-state index contributed by atoms with van der Waals surface area (Å²) in [6.45, 7) is 28.2. The lowest BCUT2D eigenvalue weighted by Gasteiger charge is -2.48. The molecule has 14 unspecified atom stereocenters. The molecular weight excluding hydrogens is 516 g/mol. The van der Waals surface area contributed by atoms with Crippen LogP contribution in [0.1, 0.15) is 166 Å². The van der Waals surface area contributed by atoms with E-state index in [1.54, 1.807) is 64.2 Å². The van der Waals surface area contributed by atoms with Crippen molar-refractivity contribution in [3.05, 3.63) is 0 Å². The largest absolute Gasteiger partial charge is 0.0625 e. The Labute approximate surface area is 270 Å². The van der Waals surface area contributed by atoms with Gasteiger partial charge in [-0.1, -0.05) is 76.2 Å². The van der Waals surface area contributed by atoms with Crippen molar-refractivity contribution < 1.29 is 0 Å². The summed E-state index contributed by atoms with van der Waals surface area (Å²) in [7, 11) is 0. The van der Waals surface area contributed by atoms with Gasteiger partial charge in [-0.15, -0.1) is 0 Å². The lowest BCUT2D eigenvalue weighted by atomic mass is 9.57. The maximum Gasteiger partial charge on any atom is -0.0334 e. The third-order valence-electron chi connectivity index (χ3n) is 16.5. The fraction of sp³-hybridized carbons (Fsp3) is 1.00. The number of rotatable bonds is 4. The summed E-state index contributed by atoms with van der Waals surface area (Å²) in [4.78, 5) is 0. The van der Waals surface area contributed by atoms with Gasteiger partial charge in [0, 0.05) is 0 Å². The molecule has 0 radical (unpaired) electrons. The van der Waals surface area contributed by atoms with E-state index in [9.17, 15) is 0 Å². The van der Waals surface area contributed by atoms with Crippen LogP contribution in [0.3, 0.4) is 0 Å². The molecule has 0 heteroatoms. The Morgan fingerprint density at radius 2 is 0.930 bits per heavy atom. The predicted molar refractivity (Wildman–Crippen MR) is 187 cm³/mol. The lowest BCUT2D eigenvalue weighted by Crippen LogP contribution is -2.40. The smallest absolute Gasteiger partial charge is 0.0334 e. The number of fused-ring (bicyclic) bond motifs is 6. The van der Waals surface area contributed by atoms with Gasteiger partial charge in [-0.05, 0) is 195 Å². The van der Waals surface area contributed by atoms with Gasteiger partial charge in [0.05, 0.1) is 0 Å². The highest BCUT2D eigenvalue weighted by atomic mass is 14.6. The van der Waals surface area contributed by atoms with Crippen molar-refractivity contribution in [2.75, 3.05) is 0 Å². The molecule has 0 saturated heterocycles. The fourth-order valence-corrected chi connectivity index (χ4v) is 14.1. The highest BCUT2D eigenvalue weighted by Gasteiger charge is 2.57. The van der Waals surface area contributed by atoms with Gasteiger partial charge in [0.25, 0.3) is 0 Å². The van der Waals surface area contributed by atoms with Crippen molar-refractivity contribution in [3.63, 3.8) is 0 Å². The Bertz CT molecular complexity index is 935. The molecule has 6 rings (SSSR count). The third kappa shape index (κ3) is 6.33. The van der Waals surface area contributed by atoms with Crippen LogP contribution in [0.25, 0.3) is 0 Å². The first-order chi connectivity index (χ1) is 20.0. The molecule has 0 amide bonds. The topological polar surface area (TPSA) is 0 Å². The molecule has 6 saturated carbocycles. The monoisotopic (exact) mass is 593 g/mol. The molecule has 0 N–H and O–H groups in total. The van der Waals surface area contributed by atoms with Crippen LogP contribution in [0, 0.1) is 105 Å². The number of hydrogen-bond acceptors (Lipinski definition) is 0. The Morgan fingerprint density at radius 3 is 1.53 bits per heavy atom. The van der Waals surface area contributed by atoms with E-state index in [1.165, 1.54) is 25.7 Å². The van der Waals surface area contributed by atoms with Crippen LogP contribution < -0.4 is 0 Å². The zero-order chi connectivity index (χ0) is 31.1. The second kappa shape index (κ2) is 11.9. The predicted octanol–water partition coefficient (Wildman–Crippen LogP) is 13.0. The summed E-state index contributed by atoms with van der Waals surface area (Å²) in [5.41, 5.74) is 1.46. The van der Waals surface area contributed by atoms with Crippen molar-refractivity contribution in [1.82, 2.24) is 0 Å². The SMILES string of the molecule is CC(C)C1CCC2C3CCC(C(C)(C)C)CC3C(CCC3C4CC5CC(C(C)(C)C)CCC5C4CCC3C(C)(C)C)C2C1. The van der Waals surface area contributed by atoms with Crippen LogP contribution in [-0.2, 0) is 0 Å². The second-order valence-corrected chi connectivity index (χ2v) is 21.7. The van der Waals surface area contributed by atoms with Crippen LogP contribution in [0.5, 0.6) is 0 Å². The molecule has 14 atom stereocenters. The minimum absolute atomic E-state index is 0.466. The Balaban J connectivity index is 1.24. The summed E-state index contributed by atoms with van der Waals surface area (Å²) < 4.78 is 0. The summed E-state index contributed by atoms with van der Waals surface area (Å²) in [6.07, 6.45) is 21.8. The minimum Gasteiger partial charge on any atom is -0.0625 e. The van der Waals surface area contributed by atoms with Crippen molar-refractivity contribution in [3.8, 4) is 0 Å². The molecule has 6 aliphatic rings. The first-order valence-corrected chi connectivity index (χ1v) is 20.0. The van der Waals surface area contributed by atoms with Crippen molar-refractivity contribution in [2.45, 2.75) is 166 Å². The Kier molecular flexibility index (Phi) is 9.12. The molecule has 248 valence electrons. The van der Waals surface area contributed by atoms with Crippen LogP contribution in [0.15, 0.2) is 0 Å². The average molecular weight is 593 g/mol. The van der Waals surface area contributed by atoms with E-state index in [2.05, 4.69) is 76.2 Å². The van der Waals surface area contributed by atoms with Crippen LogP contribution in [-0.4, -0.2) is 0 Å². The standard InChI is InChI=1S/C43H76/c1-26(2)27-12-15-33-34-17-14-30(42(6,7)8)25-39(34)35(37(33)23-27)18-19-36-38-24-28-22-29(41(3,4)5)13-16-31(28)32(38)20-21-40(36)43(9,10)11/h26-40H,12-25H2,1-11H3. The van der Waals surface area contributed by atoms with Crippen molar-refractivity contribution in [1.29, 1.82) is 0 Å². The quantitative estimate of drug-likeness (QED) is 0.304. The van der Waals surface area contributed by atoms with Crippen LogP contribution >= 0.6 is 0 Å². The molecule has 6 aliphatic carbocycles. The Morgan fingerprint density at radius 1 is 0.442 bits per heavy atom. The lowest BCUT2D eigenvalue weighted by molar-refractivity contribution is 0.00826.